The fourth-order valence-electron chi connectivity index (χ4n) is 1.70. The lowest BCUT2D eigenvalue weighted by molar-refractivity contribution is -0.137. The van der Waals surface area contributed by atoms with E-state index in [0.29, 0.717) is 12.1 Å². The quantitative estimate of drug-likeness (QED) is 0.842. The van der Waals surface area contributed by atoms with Crippen molar-refractivity contribution in [2.24, 2.45) is 0 Å². The molecule has 1 atom stereocenters. The van der Waals surface area contributed by atoms with Crippen molar-refractivity contribution >= 4 is 6.09 Å². The molecular formula is C11H11F3N2O2. The molecule has 0 radical (unpaired) electrons. The van der Waals surface area contributed by atoms with Crippen molar-refractivity contribution in [1.29, 1.82) is 0 Å². The van der Waals surface area contributed by atoms with Gasteiger partial charge in [0.1, 0.15) is 6.10 Å². The zero-order valence-corrected chi connectivity index (χ0v) is 9.49. The molecular weight excluding hydrogens is 249 g/mol. The van der Waals surface area contributed by atoms with Gasteiger partial charge >= 0.3 is 12.3 Å². The van der Waals surface area contributed by atoms with Gasteiger partial charge < -0.3 is 4.74 Å². The minimum absolute atomic E-state index is 0.372. The number of rotatable bonds is 1. The van der Waals surface area contributed by atoms with Gasteiger partial charge in [0.05, 0.1) is 12.1 Å². The Bertz CT molecular complexity index is 445. The SMILES string of the molecule is CN1CC(c2ccc(C(F)(F)F)cc2)OC(=O)N1. The summed E-state index contributed by atoms with van der Waals surface area (Å²) in [5.74, 6) is 0. The second kappa shape index (κ2) is 4.49. The van der Waals surface area contributed by atoms with Gasteiger partial charge in [-0.3, -0.25) is 5.43 Å². The van der Waals surface area contributed by atoms with E-state index < -0.39 is 23.9 Å². The zero-order chi connectivity index (χ0) is 13.3. The Hall–Kier alpha value is -1.76. The molecule has 1 aromatic carbocycles. The predicted octanol–water partition coefficient (Wildman–Crippen LogP) is 2.33. The van der Waals surface area contributed by atoms with Crippen LogP contribution in [-0.4, -0.2) is 24.7 Å². The lowest BCUT2D eigenvalue weighted by Crippen LogP contribution is -2.48. The molecule has 1 N–H and O–H groups in total. The van der Waals surface area contributed by atoms with Crippen molar-refractivity contribution in [2.45, 2.75) is 12.3 Å². The van der Waals surface area contributed by atoms with Crippen LogP contribution in [0.15, 0.2) is 24.3 Å². The number of hydrogen-bond acceptors (Lipinski definition) is 3. The highest BCUT2D eigenvalue weighted by Crippen LogP contribution is 2.30. The molecule has 4 nitrogen and oxygen atoms in total. The Morgan fingerprint density at radius 1 is 1.33 bits per heavy atom. The number of nitrogens with one attached hydrogen (secondary N) is 1. The van der Waals surface area contributed by atoms with Gasteiger partial charge in [0.25, 0.3) is 0 Å². The van der Waals surface area contributed by atoms with E-state index in [9.17, 15) is 18.0 Å². The van der Waals surface area contributed by atoms with Crippen LogP contribution in [0.25, 0.3) is 0 Å². The number of cyclic esters (lactones) is 1. The minimum Gasteiger partial charge on any atom is -0.439 e. The maximum Gasteiger partial charge on any atom is 0.422 e. The Kier molecular flexibility index (Phi) is 3.16. The van der Waals surface area contributed by atoms with Gasteiger partial charge in [-0.05, 0) is 17.7 Å². The van der Waals surface area contributed by atoms with Crippen LogP contribution in [-0.2, 0) is 10.9 Å². The van der Waals surface area contributed by atoms with E-state index in [4.69, 9.17) is 4.74 Å². The number of carbonyl (C=O) groups is 1. The summed E-state index contributed by atoms with van der Waals surface area (Å²) >= 11 is 0. The second-order valence-corrected chi connectivity index (χ2v) is 4.01. The van der Waals surface area contributed by atoms with Crippen LogP contribution < -0.4 is 5.43 Å². The number of carbonyl (C=O) groups excluding carboxylic acids is 1. The third-order valence-electron chi connectivity index (χ3n) is 2.58. The van der Waals surface area contributed by atoms with E-state index in [0.717, 1.165) is 12.1 Å². The van der Waals surface area contributed by atoms with Crippen molar-refractivity contribution in [2.75, 3.05) is 13.6 Å². The molecule has 0 bridgehead atoms. The van der Waals surface area contributed by atoms with Gasteiger partial charge in [0, 0.05) is 7.05 Å². The number of alkyl halides is 3. The molecule has 1 heterocycles. The zero-order valence-electron chi connectivity index (χ0n) is 9.49. The second-order valence-electron chi connectivity index (χ2n) is 4.01. The molecule has 0 aliphatic carbocycles. The van der Waals surface area contributed by atoms with E-state index in [1.807, 2.05) is 0 Å². The third kappa shape index (κ3) is 2.73. The van der Waals surface area contributed by atoms with Crippen molar-refractivity contribution < 1.29 is 22.7 Å². The molecule has 1 saturated heterocycles. The molecule has 1 aliphatic heterocycles. The predicted molar refractivity (Wildman–Crippen MR) is 56.4 cm³/mol. The molecule has 0 saturated carbocycles. The summed E-state index contributed by atoms with van der Waals surface area (Å²) in [7, 11) is 1.65. The highest BCUT2D eigenvalue weighted by molar-refractivity contribution is 5.67. The number of halogens is 3. The van der Waals surface area contributed by atoms with Crippen molar-refractivity contribution in [3.05, 3.63) is 35.4 Å². The van der Waals surface area contributed by atoms with Crippen LogP contribution >= 0.6 is 0 Å². The molecule has 1 aliphatic rings. The molecule has 1 amide bonds. The number of benzene rings is 1. The standard InChI is InChI=1S/C11H11F3N2O2/c1-16-6-9(18-10(17)15-16)7-2-4-8(5-3-7)11(12,13)14/h2-5,9H,6H2,1H3,(H,15,17). The third-order valence-corrected chi connectivity index (χ3v) is 2.58. The van der Waals surface area contributed by atoms with E-state index in [1.54, 1.807) is 7.05 Å². The van der Waals surface area contributed by atoms with Crippen molar-refractivity contribution in [1.82, 2.24) is 10.4 Å². The summed E-state index contributed by atoms with van der Waals surface area (Å²) < 4.78 is 42.1. The average Bonchev–Trinajstić information content (AvgIpc) is 2.27. The molecule has 0 aromatic heterocycles. The van der Waals surface area contributed by atoms with Crippen LogP contribution in [0.2, 0.25) is 0 Å². The van der Waals surface area contributed by atoms with Crippen LogP contribution in [0, 0.1) is 0 Å². The molecule has 7 heteroatoms. The smallest absolute Gasteiger partial charge is 0.422 e. The van der Waals surface area contributed by atoms with Crippen LogP contribution in [0.4, 0.5) is 18.0 Å². The fraction of sp³-hybridized carbons (Fsp3) is 0.364. The highest BCUT2D eigenvalue weighted by Gasteiger charge is 2.31. The topological polar surface area (TPSA) is 41.6 Å². The number of nitrogens with zero attached hydrogens (tertiary/aromatic N) is 1. The molecule has 2 rings (SSSR count). The van der Waals surface area contributed by atoms with E-state index in [2.05, 4.69) is 5.43 Å². The number of ether oxygens (including phenoxy) is 1. The van der Waals surface area contributed by atoms with Gasteiger partial charge in [-0.15, -0.1) is 0 Å². The maximum absolute atomic E-state index is 12.4. The lowest BCUT2D eigenvalue weighted by atomic mass is 10.1. The van der Waals surface area contributed by atoms with Gasteiger partial charge in [-0.25, -0.2) is 9.80 Å². The Morgan fingerprint density at radius 3 is 2.44 bits per heavy atom. The normalized spacial score (nSPS) is 21.3. The summed E-state index contributed by atoms with van der Waals surface area (Å²) in [5.41, 5.74) is 2.22. The first-order valence-corrected chi connectivity index (χ1v) is 5.22. The Labute approximate surface area is 101 Å². The van der Waals surface area contributed by atoms with Crippen molar-refractivity contribution in [3.63, 3.8) is 0 Å². The first-order valence-electron chi connectivity index (χ1n) is 5.22. The largest absolute Gasteiger partial charge is 0.439 e. The summed E-state index contributed by atoms with van der Waals surface area (Å²) in [6, 6.07) is 4.59. The summed E-state index contributed by atoms with van der Waals surface area (Å²) in [5, 5.41) is 1.52. The average molecular weight is 260 g/mol. The Balaban J connectivity index is 2.17. The lowest BCUT2D eigenvalue weighted by Gasteiger charge is -2.30. The molecule has 98 valence electrons. The first kappa shape index (κ1) is 12.7. The number of hydrogen-bond donors (Lipinski definition) is 1. The van der Waals surface area contributed by atoms with Crippen molar-refractivity contribution in [3.8, 4) is 0 Å². The van der Waals surface area contributed by atoms with E-state index >= 15 is 0 Å². The Morgan fingerprint density at radius 2 is 1.94 bits per heavy atom. The van der Waals surface area contributed by atoms with Crippen LogP contribution in [0.1, 0.15) is 17.2 Å². The molecule has 18 heavy (non-hydrogen) atoms. The van der Waals surface area contributed by atoms with Gasteiger partial charge in [-0.2, -0.15) is 13.2 Å². The summed E-state index contributed by atoms with van der Waals surface area (Å²) in [6.07, 6.45) is -5.54. The number of amides is 1. The van der Waals surface area contributed by atoms with E-state index in [-0.39, 0.29) is 0 Å². The minimum atomic E-state index is -4.36. The van der Waals surface area contributed by atoms with Crippen LogP contribution in [0.5, 0.6) is 0 Å². The van der Waals surface area contributed by atoms with Gasteiger partial charge in [-0.1, -0.05) is 12.1 Å². The van der Waals surface area contributed by atoms with E-state index in [1.165, 1.54) is 17.1 Å². The number of likely N-dealkylation sites (N-methyl/N-ethyl adjacent to an activating group) is 1. The van der Waals surface area contributed by atoms with Gasteiger partial charge in [0.15, 0.2) is 0 Å². The molecule has 1 fully saturated rings. The molecule has 1 aromatic rings. The monoisotopic (exact) mass is 260 g/mol. The van der Waals surface area contributed by atoms with Gasteiger partial charge in [0.2, 0.25) is 0 Å². The van der Waals surface area contributed by atoms with Crippen LogP contribution in [0.3, 0.4) is 0 Å². The molecule has 1 unspecified atom stereocenters. The maximum atomic E-state index is 12.4. The highest BCUT2D eigenvalue weighted by atomic mass is 19.4. The first-order chi connectivity index (χ1) is 8.36. The molecule has 0 spiro atoms. The summed E-state index contributed by atoms with van der Waals surface area (Å²) in [6.45, 7) is 0.372. The number of hydrazine groups is 1. The summed E-state index contributed by atoms with van der Waals surface area (Å²) in [4.78, 5) is 11.1. The fourth-order valence-corrected chi connectivity index (χ4v) is 1.70.